The second-order valence-corrected chi connectivity index (χ2v) is 4.04. The summed E-state index contributed by atoms with van der Waals surface area (Å²) >= 11 is 6.01. The highest BCUT2D eigenvalue weighted by molar-refractivity contribution is 6.31. The molecule has 0 saturated carbocycles. The van der Waals surface area contributed by atoms with Crippen LogP contribution in [-0.2, 0) is 6.42 Å². The van der Waals surface area contributed by atoms with E-state index in [4.69, 9.17) is 11.6 Å². The van der Waals surface area contributed by atoms with E-state index in [1.54, 1.807) is 6.20 Å². The van der Waals surface area contributed by atoms with E-state index in [-0.39, 0.29) is 0 Å². The molecular weight excluding hydrogens is 212 g/mol. The molecule has 1 aliphatic heterocycles. The first-order valence-corrected chi connectivity index (χ1v) is 5.31. The van der Waals surface area contributed by atoms with Crippen molar-refractivity contribution >= 4 is 11.6 Å². The number of nitrogens with zero attached hydrogens (tertiary/aromatic N) is 1. The molecule has 0 fully saturated rings. The van der Waals surface area contributed by atoms with Gasteiger partial charge in [-0.15, -0.1) is 0 Å². The lowest BCUT2D eigenvalue weighted by molar-refractivity contribution is 0.212. The van der Waals surface area contributed by atoms with Crippen LogP contribution in [0.15, 0.2) is 30.0 Å². The van der Waals surface area contributed by atoms with Crippen LogP contribution in [0.2, 0.25) is 5.02 Å². The van der Waals surface area contributed by atoms with Crippen LogP contribution >= 0.6 is 11.6 Å². The molecule has 15 heavy (non-hydrogen) atoms. The maximum absolute atomic E-state index is 9.43. The number of pyridine rings is 1. The van der Waals surface area contributed by atoms with Crippen LogP contribution in [0.4, 0.5) is 0 Å². The van der Waals surface area contributed by atoms with Gasteiger partial charge >= 0.3 is 0 Å². The molecule has 0 saturated heterocycles. The molecule has 0 aliphatic carbocycles. The van der Waals surface area contributed by atoms with Crippen molar-refractivity contribution in [2.45, 2.75) is 12.5 Å². The minimum atomic E-state index is -0.392. The molecule has 1 unspecified atom stereocenters. The highest BCUT2D eigenvalue weighted by Crippen LogP contribution is 2.17. The van der Waals surface area contributed by atoms with Crippen LogP contribution in [0, 0.1) is 0 Å². The van der Waals surface area contributed by atoms with E-state index >= 15 is 0 Å². The van der Waals surface area contributed by atoms with Gasteiger partial charge in [0.2, 0.25) is 0 Å². The van der Waals surface area contributed by atoms with Gasteiger partial charge in [0.05, 0.1) is 16.8 Å². The Balaban J connectivity index is 2.12. The van der Waals surface area contributed by atoms with Gasteiger partial charge in [0.1, 0.15) is 0 Å². The van der Waals surface area contributed by atoms with Crippen molar-refractivity contribution in [2.24, 2.45) is 0 Å². The van der Waals surface area contributed by atoms with Crippen molar-refractivity contribution < 1.29 is 5.11 Å². The molecule has 2 heterocycles. The first kappa shape index (κ1) is 10.6. The molecule has 1 aromatic rings. The second kappa shape index (κ2) is 4.75. The average molecular weight is 225 g/mol. The van der Waals surface area contributed by atoms with Gasteiger partial charge in [0.25, 0.3) is 0 Å². The van der Waals surface area contributed by atoms with Crippen LogP contribution in [0.1, 0.15) is 5.69 Å². The normalized spacial score (nSPS) is 21.2. The van der Waals surface area contributed by atoms with E-state index in [0.29, 0.717) is 18.0 Å². The third-order valence-corrected chi connectivity index (χ3v) is 2.71. The van der Waals surface area contributed by atoms with E-state index in [9.17, 15) is 5.11 Å². The number of hydrogen-bond acceptors (Lipinski definition) is 3. The summed E-state index contributed by atoms with van der Waals surface area (Å²) in [4.78, 5) is 4.22. The lowest BCUT2D eigenvalue weighted by atomic mass is 10.0. The molecule has 4 heteroatoms. The third-order valence-electron chi connectivity index (χ3n) is 2.36. The summed E-state index contributed by atoms with van der Waals surface area (Å²) in [7, 11) is 0. The Morgan fingerprint density at radius 1 is 1.60 bits per heavy atom. The Hall–Kier alpha value is -0.900. The van der Waals surface area contributed by atoms with Gasteiger partial charge in [0, 0.05) is 25.7 Å². The highest BCUT2D eigenvalue weighted by Gasteiger charge is 2.11. The fourth-order valence-corrected chi connectivity index (χ4v) is 1.84. The van der Waals surface area contributed by atoms with Crippen molar-refractivity contribution in [3.63, 3.8) is 0 Å². The van der Waals surface area contributed by atoms with Gasteiger partial charge in [-0.3, -0.25) is 4.98 Å². The van der Waals surface area contributed by atoms with Gasteiger partial charge in [-0.25, -0.2) is 0 Å². The summed E-state index contributed by atoms with van der Waals surface area (Å²) in [6, 6.07) is 3.64. The van der Waals surface area contributed by atoms with Gasteiger partial charge in [-0.1, -0.05) is 23.3 Å². The maximum atomic E-state index is 9.43. The topological polar surface area (TPSA) is 45.2 Å². The Bertz CT molecular complexity index is 379. The Kier molecular flexibility index (Phi) is 3.36. The molecule has 2 rings (SSSR count). The monoisotopic (exact) mass is 224 g/mol. The van der Waals surface area contributed by atoms with Crippen LogP contribution in [0.25, 0.3) is 0 Å². The number of β-amino-alcohol motifs (C(OH)–C–C–N with tert-alkyl or cyclic N) is 1. The summed E-state index contributed by atoms with van der Waals surface area (Å²) in [5, 5.41) is 13.2. The van der Waals surface area contributed by atoms with Crippen molar-refractivity contribution in [2.75, 3.05) is 13.1 Å². The van der Waals surface area contributed by atoms with Gasteiger partial charge in [-0.2, -0.15) is 0 Å². The predicted octanol–water partition coefficient (Wildman–Crippen LogP) is 1.17. The highest BCUT2D eigenvalue weighted by atomic mass is 35.5. The summed E-state index contributed by atoms with van der Waals surface area (Å²) in [6.45, 7) is 1.42. The molecule has 0 bridgehead atoms. The molecular formula is C11H13ClN2O. The maximum Gasteiger partial charge on any atom is 0.0848 e. The van der Waals surface area contributed by atoms with Crippen LogP contribution in [0.3, 0.4) is 0 Å². The van der Waals surface area contributed by atoms with E-state index in [0.717, 1.165) is 17.8 Å². The van der Waals surface area contributed by atoms with E-state index in [2.05, 4.69) is 10.3 Å². The summed E-state index contributed by atoms with van der Waals surface area (Å²) in [5.41, 5.74) is 2.00. The molecule has 1 aromatic heterocycles. The number of aliphatic hydroxyl groups excluding tert-OH is 1. The molecule has 3 nitrogen and oxygen atoms in total. The molecule has 1 aliphatic rings. The first-order chi connectivity index (χ1) is 7.25. The largest absolute Gasteiger partial charge is 0.388 e. The van der Waals surface area contributed by atoms with Crippen molar-refractivity contribution in [3.05, 3.63) is 40.7 Å². The lowest BCUT2D eigenvalue weighted by Crippen LogP contribution is -2.32. The van der Waals surface area contributed by atoms with Crippen molar-refractivity contribution in [1.82, 2.24) is 10.3 Å². The Morgan fingerprint density at radius 3 is 3.20 bits per heavy atom. The van der Waals surface area contributed by atoms with Gasteiger partial charge < -0.3 is 10.4 Å². The van der Waals surface area contributed by atoms with Gasteiger partial charge in [0.15, 0.2) is 0 Å². The second-order valence-electron chi connectivity index (χ2n) is 3.63. The van der Waals surface area contributed by atoms with Crippen LogP contribution < -0.4 is 5.32 Å². The number of rotatable bonds is 2. The third kappa shape index (κ3) is 2.78. The van der Waals surface area contributed by atoms with Crippen LogP contribution in [0.5, 0.6) is 0 Å². The Morgan fingerprint density at radius 2 is 2.47 bits per heavy atom. The molecule has 0 aromatic carbocycles. The minimum absolute atomic E-state index is 0.392. The number of hydrogen-bond donors (Lipinski definition) is 2. The molecule has 0 amide bonds. The molecule has 1 atom stereocenters. The number of nitrogens with one attached hydrogen (secondary N) is 1. The Labute approximate surface area is 93.8 Å². The van der Waals surface area contributed by atoms with E-state index in [1.807, 2.05) is 18.2 Å². The fraction of sp³-hybridized carbons (Fsp3) is 0.364. The number of halogens is 1. The molecule has 2 N–H and O–H groups in total. The predicted molar refractivity (Wildman–Crippen MR) is 59.9 cm³/mol. The van der Waals surface area contributed by atoms with Crippen LogP contribution in [-0.4, -0.2) is 29.3 Å². The fourth-order valence-electron chi connectivity index (χ4n) is 1.66. The summed E-state index contributed by atoms with van der Waals surface area (Å²) < 4.78 is 0. The van der Waals surface area contributed by atoms with Crippen molar-refractivity contribution in [1.29, 1.82) is 0 Å². The molecule has 80 valence electrons. The SMILES string of the molecule is OC1C=C(Cc2ncccc2Cl)CNC1. The zero-order chi connectivity index (χ0) is 10.7. The van der Waals surface area contributed by atoms with E-state index in [1.165, 1.54) is 0 Å². The van der Waals surface area contributed by atoms with Crippen molar-refractivity contribution in [3.8, 4) is 0 Å². The first-order valence-electron chi connectivity index (χ1n) is 4.93. The lowest BCUT2D eigenvalue weighted by Gasteiger charge is -2.18. The molecule has 0 spiro atoms. The zero-order valence-corrected chi connectivity index (χ0v) is 9.04. The number of aliphatic hydroxyl groups is 1. The molecule has 0 radical (unpaired) electrons. The standard InChI is InChI=1S/C11H13ClN2O/c12-10-2-1-3-14-11(10)5-8-4-9(15)7-13-6-8/h1-4,9,13,15H,5-7H2. The average Bonchev–Trinajstić information content (AvgIpc) is 2.22. The minimum Gasteiger partial charge on any atom is -0.388 e. The van der Waals surface area contributed by atoms with E-state index < -0.39 is 6.10 Å². The summed E-state index contributed by atoms with van der Waals surface area (Å²) in [6.07, 6.45) is 3.91. The zero-order valence-electron chi connectivity index (χ0n) is 8.28. The number of aromatic nitrogens is 1. The summed E-state index contributed by atoms with van der Waals surface area (Å²) in [5.74, 6) is 0. The van der Waals surface area contributed by atoms with Gasteiger partial charge in [-0.05, 0) is 12.1 Å². The smallest absolute Gasteiger partial charge is 0.0848 e. The quantitative estimate of drug-likeness (QED) is 0.742.